The van der Waals surface area contributed by atoms with Crippen molar-refractivity contribution < 1.29 is 17.9 Å². The fourth-order valence-electron chi connectivity index (χ4n) is 2.18. The van der Waals surface area contributed by atoms with Gasteiger partial charge in [-0.1, -0.05) is 39.0 Å². The number of rotatable bonds is 4. The van der Waals surface area contributed by atoms with Crippen LogP contribution in [0, 0.1) is 0 Å². The molecule has 2 rings (SSSR count). The number of hydrogen-bond donors (Lipinski definition) is 2. The molecule has 0 saturated heterocycles. The zero-order chi connectivity index (χ0) is 18.7. The van der Waals surface area contributed by atoms with Crippen molar-refractivity contribution in [1.29, 1.82) is 0 Å². The minimum absolute atomic E-state index is 0.0520. The largest absolute Gasteiger partial charge is 0.453 e. The van der Waals surface area contributed by atoms with Crippen LogP contribution in [0.3, 0.4) is 0 Å². The molecule has 25 heavy (non-hydrogen) atoms. The summed E-state index contributed by atoms with van der Waals surface area (Å²) in [5.74, 6) is 0. The van der Waals surface area contributed by atoms with Gasteiger partial charge in [-0.3, -0.25) is 10.0 Å². The molecule has 0 heterocycles. The first-order valence-electron chi connectivity index (χ1n) is 7.70. The second-order valence-electron chi connectivity index (χ2n) is 6.58. The molecular formula is C18H22N2O4S. The number of amides is 1. The van der Waals surface area contributed by atoms with E-state index in [0.717, 1.165) is 5.56 Å². The third-order valence-electron chi connectivity index (χ3n) is 3.58. The fraction of sp³-hybridized carbons (Fsp3) is 0.278. The first-order chi connectivity index (χ1) is 11.6. The molecule has 2 N–H and O–H groups in total. The molecule has 7 heteroatoms. The van der Waals surface area contributed by atoms with E-state index in [2.05, 4.69) is 35.5 Å². The number of ether oxygens (including phenoxy) is 1. The van der Waals surface area contributed by atoms with Crippen LogP contribution in [0.1, 0.15) is 26.3 Å². The number of anilines is 2. The molecule has 0 saturated carbocycles. The van der Waals surface area contributed by atoms with E-state index in [1.165, 1.54) is 13.2 Å². The summed E-state index contributed by atoms with van der Waals surface area (Å²) in [6, 6.07) is 13.2. The zero-order valence-electron chi connectivity index (χ0n) is 14.7. The lowest BCUT2D eigenvalue weighted by atomic mass is 9.87. The predicted octanol–water partition coefficient (Wildman–Crippen LogP) is 3.96. The smallest absolute Gasteiger partial charge is 0.411 e. The van der Waals surface area contributed by atoms with Crippen LogP contribution in [0.5, 0.6) is 0 Å². The zero-order valence-corrected chi connectivity index (χ0v) is 15.5. The lowest BCUT2D eigenvalue weighted by Crippen LogP contribution is -2.15. The van der Waals surface area contributed by atoms with Gasteiger partial charge in [-0.2, -0.15) is 0 Å². The van der Waals surface area contributed by atoms with E-state index in [1.807, 2.05) is 12.1 Å². The Morgan fingerprint density at radius 2 is 1.60 bits per heavy atom. The van der Waals surface area contributed by atoms with Gasteiger partial charge in [-0.05, 0) is 41.3 Å². The van der Waals surface area contributed by atoms with Gasteiger partial charge < -0.3 is 4.74 Å². The van der Waals surface area contributed by atoms with Gasteiger partial charge in [0, 0.05) is 5.69 Å². The molecule has 0 radical (unpaired) electrons. The molecule has 0 aliphatic rings. The van der Waals surface area contributed by atoms with Gasteiger partial charge in [-0.25, -0.2) is 13.2 Å². The van der Waals surface area contributed by atoms with Gasteiger partial charge in [0.1, 0.15) is 0 Å². The van der Waals surface area contributed by atoms with Crippen LogP contribution in [0.15, 0.2) is 53.4 Å². The minimum atomic E-state index is -3.72. The average molecular weight is 362 g/mol. The number of sulfonamides is 1. The monoisotopic (exact) mass is 362 g/mol. The maximum absolute atomic E-state index is 12.5. The van der Waals surface area contributed by atoms with Crippen molar-refractivity contribution in [3.8, 4) is 0 Å². The molecule has 0 aromatic heterocycles. The van der Waals surface area contributed by atoms with Crippen LogP contribution in [0.25, 0.3) is 0 Å². The molecule has 0 aliphatic heterocycles. The Hall–Kier alpha value is -2.54. The van der Waals surface area contributed by atoms with Crippen molar-refractivity contribution in [3.05, 3.63) is 54.1 Å². The summed E-state index contributed by atoms with van der Waals surface area (Å²) >= 11 is 0. The maximum Gasteiger partial charge on any atom is 0.411 e. The van der Waals surface area contributed by atoms with Gasteiger partial charge in [-0.15, -0.1) is 0 Å². The summed E-state index contributed by atoms with van der Waals surface area (Å²) in [5, 5.41) is 2.49. The van der Waals surface area contributed by atoms with Gasteiger partial charge in [0.25, 0.3) is 10.0 Å². The summed E-state index contributed by atoms with van der Waals surface area (Å²) < 4.78 is 32.1. The molecule has 0 fully saturated rings. The molecular weight excluding hydrogens is 340 g/mol. The quantitative estimate of drug-likeness (QED) is 0.862. The van der Waals surface area contributed by atoms with E-state index in [4.69, 9.17) is 0 Å². The van der Waals surface area contributed by atoms with Crippen LogP contribution < -0.4 is 10.0 Å². The van der Waals surface area contributed by atoms with Crippen molar-refractivity contribution in [1.82, 2.24) is 0 Å². The maximum atomic E-state index is 12.5. The van der Waals surface area contributed by atoms with Gasteiger partial charge in [0.2, 0.25) is 0 Å². The van der Waals surface area contributed by atoms with Crippen LogP contribution >= 0.6 is 0 Å². The molecule has 0 aliphatic carbocycles. The highest BCUT2D eigenvalue weighted by atomic mass is 32.2. The lowest BCUT2D eigenvalue weighted by Gasteiger charge is -2.19. The SMILES string of the molecule is COC(=O)Nc1cccc(NS(=O)(=O)c2ccc(C(C)(C)C)cc2)c1. The minimum Gasteiger partial charge on any atom is -0.453 e. The summed E-state index contributed by atoms with van der Waals surface area (Å²) in [5.41, 5.74) is 1.77. The van der Waals surface area contributed by atoms with E-state index < -0.39 is 16.1 Å². The number of methoxy groups -OCH3 is 1. The fourth-order valence-corrected chi connectivity index (χ4v) is 3.23. The Bertz CT molecular complexity index is 853. The number of nitrogens with one attached hydrogen (secondary N) is 2. The van der Waals surface area contributed by atoms with E-state index in [-0.39, 0.29) is 10.3 Å². The van der Waals surface area contributed by atoms with Gasteiger partial charge in [0.05, 0.1) is 17.7 Å². The molecule has 0 unspecified atom stereocenters. The van der Waals surface area contributed by atoms with Crippen molar-refractivity contribution in [3.63, 3.8) is 0 Å². The Kier molecular flexibility index (Phi) is 5.37. The second-order valence-corrected chi connectivity index (χ2v) is 8.26. The molecule has 1 amide bonds. The van der Waals surface area contributed by atoms with Crippen molar-refractivity contribution in [2.24, 2.45) is 0 Å². The van der Waals surface area contributed by atoms with Crippen LogP contribution in [-0.2, 0) is 20.2 Å². The molecule has 0 atom stereocenters. The third kappa shape index (κ3) is 4.96. The Morgan fingerprint density at radius 3 is 2.16 bits per heavy atom. The summed E-state index contributed by atoms with van der Waals surface area (Å²) in [4.78, 5) is 11.4. The third-order valence-corrected chi connectivity index (χ3v) is 4.97. The molecule has 6 nitrogen and oxygen atoms in total. The summed E-state index contributed by atoms with van der Waals surface area (Å²) in [6.07, 6.45) is -0.627. The standard InChI is InChI=1S/C18H22N2O4S/c1-18(2,3)13-8-10-16(11-9-13)25(22,23)20-15-7-5-6-14(12-15)19-17(21)24-4/h5-12,20H,1-4H3,(H,19,21). The van der Waals surface area contributed by atoms with Crippen molar-refractivity contribution in [2.75, 3.05) is 17.1 Å². The number of hydrogen-bond acceptors (Lipinski definition) is 4. The van der Waals surface area contributed by atoms with E-state index in [0.29, 0.717) is 11.4 Å². The lowest BCUT2D eigenvalue weighted by molar-refractivity contribution is 0.187. The van der Waals surface area contributed by atoms with Crippen LogP contribution in [-0.4, -0.2) is 21.6 Å². The molecule has 0 spiro atoms. The van der Waals surface area contributed by atoms with E-state index in [1.54, 1.807) is 30.3 Å². The van der Waals surface area contributed by atoms with Crippen molar-refractivity contribution >= 4 is 27.5 Å². The predicted molar refractivity (Wildman–Crippen MR) is 98.4 cm³/mol. The molecule has 2 aromatic carbocycles. The summed E-state index contributed by atoms with van der Waals surface area (Å²) in [7, 11) is -2.47. The van der Waals surface area contributed by atoms with E-state index >= 15 is 0 Å². The Labute approximate surface area is 148 Å². The number of carbonyl (C=O) groups is 1. The first kappa shape index (κ1) is 18.8. The topological polar surface area (TPSA) is 84.5 Å². The highest BCUT2D eigenvalue weighted by Gasteiger charge is 2.18. The van der Waals surface area contributed by atoms with Crippen LogP contribution in [0.2, 0.25) is 0 Å². The van der Waals surface area contributed by atoms with Gasteiger partial charge in [0.15, 0.2) is 0 Å². The second kappa shape index (κ2) is 7.14. The Morgan fingerprint density at radius 1 is 1.00 bits per heavy atom. The highest BCUT2D eigenvalue weighted by Crippen LogP contribution is 2.25. The molecule has 134 valence electrons. The highest BCUT2D eigenvalue weighted by molar-refractivity contribution is 7.92. The van der Waals surface area contributed by atoms with Crippen LogP contribution in [0.4, 0.5) is 16.2 Å². The van der Waals surface area contributed by atoms with Crippen molar-refractivity contribution in [2.45, 2.75) is 31.1 Å². The molecule has 2 aromatic rings. The average Bonchev–Trinajstić information content (AvgIpc) is 2.54. The number of benzene rings is 2. The molecule has 0 bridgehead atoms. The normalized spacial score (nSPS) is 11.7. The number of carbonyl (C=O) groups excluding carboxylic acids is 1. The summed E-state index contributed by atoms with van der Waals surface area (Å²) in [6.45, 7) is 6.19. The van der Waals surface area contributed by atoms with Gasteiger partial charge >= 0.3 is 6.09 Å². The Balaban J connectivity index is 2.21. The van der Waals surface area contributed by atoms with E-state index in [9.17, 15) is 13.2 Å². The first-order valence-corrected chi connectivity index (χ1v) is 9.18.